The number of hydrogen-bond donors (Lipinski definition) is 0. The van der Waals surface area contributed by atoms with Gasteiger partial charge in [0.2, 0.25) is 0 Å². The summed E-state index contributed by atoms with van der Waals surface area (Å²) < 4.78 is 20.2. The van der Waals surface area contributed by atoms with Gasteiger partial charge in [0.15, 0.2) is 0 Å². The van der Waals surface area contributed by atoms with Crippen LogP contribution in [0.4, 0.5) is 4.39 Å². The molecular weight excluding hydrogens is 271 g/mol. The first-order chi connectivity index (χ1) is 10.2. The lowest BCUT2D eigenvalue weighted by atomic mass is 10.2. The molecule has 0 bridgehead atoms. The quantitative estimate of drug-likeness (QED) is 0.739. The maximum absolute atomic E-state index is 13.3. The Kier molecular flexibility index (Phi) is 3.31. The van der Waals surface area contributed by atoms with Crippen LogP contribution in [0.2, 0.25) is 0 Å². The molecule has 0 aliphatic rings. The van der Waals surface area contributed by atoms with Gasteiger partial charge in [0.1, 0.15) is 17.9 Å². The largest absolute Gasteiger partial charge is 0.423 e. The molecule has 6 heteroatoms. The van der Waals surface area contributed by atoms with Crippen molar-refractivity contribution in [2.24, 2.45) is 0 Å². The smallest absolute Gasteiger partial charge is 0.341 e. The fourth-order valence-electron chi connectivity index (χ4n) is 1.79. The van der Waals surface area contributed by atoms with Gasteiger partial charge >= 0.3 is 6.01 Å². The van der Waals surface area contributed by atoms with Crippen molar-refractivity contribution >= 4 is 0 Å². The van der Waals surface area contributed by atoms with Crippen LogP contribution < -0.4 is 4.74 Å². The number of nitrogens with zero attached hydrogens (tertiary/aromatic N) is 4. The van der Waals surface area contributed by atoms with Crippen molar-refractivity contribution in [2.75, 3.05) is 0 Å². The summed E-state index contributed by atoms with van der Waals surface area (Å²) in [5, 5.41) is 12.9. The molecule has 0 fully saturated rings. The predicted molar refractivity (Wildman–Crippen MR) is 72.5 cm³/mol. The molecule has 0 amide bonds. The van der Waals surface area contributed by atoms with E-state index in [4.69, 9.17) is 10.00 Å². The molecule has 0 unspecified atom stereocenters. The van der Waals surface area contributed by atoms with E-state index in [0.29, 0.717) is 0 Å². The summed E-state index contributed by atoms with van der Waals surface area (Å²) in [7, 11) is 0. The Morgan fingerprint density at radius 3 is 2.71 bits per heavy atom. The Hall–Kier alpha value is -3.20. The molecule has 0 radical (unpaired) electrons. The number of rotatable bonds is 3. The van der Waals surface area contributed by atoms with Gasteiger partial charge in [0, 0.05) is 6.07 Å². The number of hydrogen-bond acceptors (Lipinski definition) is 4. The van der Waals surface area contributed by atoms with E-state index in [2.05, 4.69) is 10.1 Å². The number of aromatic nitrogens is 3. The van der Waals surface area contributed by atoms with E-state index < -0.39 is 5.82 Å². The van der Waals surface area contributed by atoms with Gasteiger partial charge in [-0.05, 0) is 24.3 Å². The van der Waals surface area contributed by atoms with Gasteiger partial charge in [0.05, 0.1) is 17.3 Å². The summed E-state index contributed by atoms with van der Waals surface area (Å²) in [6, 6.07) is 15.0. The van der Waals surface area contributed by atoms with Gasteiger partial charge in [-0.1, -0.05) is 18.2 Å². The van der Waals surface area contributed by atoms with Gasteiger partial charge in [-0.2, -0.15) is 10.2 Å². The van der Waals surface area contributed by atoms with E-state index in [9.17, 15) is 4.39 Å². The zero-order chi connectivity index (χ0) is 14.7. The van der Waals surface area contributed by atoms with E-state index in [-0.39, 0.29) is 17.3 Å². The molecule has 2 aromatic carbocycles. The number of benzene rings is 2. The second-order valence-corrected chi connectivity index (χ2v) is 4.20. The summed E-state index contributed by atoms with van der Waals surface area (Å²) >= 11 is 0. The van der Waals surface area contributed by atoms with Gasteiger partial charge in [-0.3, -0.25) is 0 Å². The first kappa shape index (κ1) is 12.8. The van der Waals surface area contributed by atoms with Crippen molar-refractivity contribution in [3.05, 3.63) is 66.2 Å². The monoisotopic (exact) mass is 280 g/mol. The second kappa shape index (κ2) is 5.43. The topological polar surface area (TPSA) is 63.7 Å². The van der Waals surface area contributed by atoms with E-state index >= 15 is 0 Å². The fourth-order valence-corrected chi connectivity index (χ4v) is 1.79. The minimum absolute atomic E-state index is 0.0772. The third-order valence-corrected chi connectivity index (χ3v) is 2.70. The Labute approximate surface area is 119 Å². The van der Waals surface area contributed by atoms with E-state index in [1.165, 1.54) is 18.5 Å². The third-order valence-electron chi connectivity index (χ3n) is 2.70. The fraction of sp³-hybridized carbons (Fsp3) is 0. The Morgan fingerprint density at radius 2 is 1.95 bits per heavy atom. The van der Waals surface area contributed by atoms with E-state index in [1.54, 1.807) is 4.68 Å². The maximum atomic E-state index is 13.3. The molecule has 21 heavy (non-hydrogen) atoms. The summed E-state index contributed by atoms with van der Waals surface area (Å²) in [6.07, 6.45) is 1.50. The molecule has 0 aliphatic heterocycles. The first-order valence-electron chi connectivity index (χ1n) is 6.10. The molecule has 102 valence electrons. The summed E-state index contributed by atoms with van der Waals surface area (Å²) in [4.78, 5) is 4.00. The molecule has 0 atom stereocenters. The van der Waals surface area contributed by atoms with Crippen molar-refractivity contribution in [2.45, 2.75) is 0 Å². The molecule has 3 rings (SSSR count). The highest BCUT2D eigenvalue weighted by Crippen LogP contribution is 2.21. The van der Waals surface area contributed by atoms with E-state index in [1.807, 2.05) is 36.4 Å². The van der Waals surface area contributed by atoms with Gasteiger partial charge in [0.25, 0.3) is 0 Å². The number of nitriles is 1. The zero-order valence-corrected chi connectivity index (χ0v) is 10.8. The van der Waals surface area contributed by atoms with Gasteiger partial charge in [-0.15, -0.1) is 5.10 Å². The van der Waals surface area contributed by atoms with Crippen molar-refractivity contribution in [1.82, 2.24) is 14.8 Å². The SMILES string of the molecule is N#Cc1cc(F)cc(Oc2ncn(-c3ccccc3)n2)c1. The summed E-state index contributed by atoms with van der Waals surface area (Å²) in [5.41, 5.74) is 1.00. The molecule has 0 aliphatic carbocycles. The highest BCUT2D eigenvalue weighted by atomic mass is 19.1. The molecular formula is C15H9FN4O. The predicted octanol–water partition coefficient (Wildman–Crippen LogP) is 3.07. The lowest BCUT2D eigenvalue weighted by molar-refractivity contribution is 0.437. The zero-order valence-electron chi connectivity index (χ0n) is 10.8. The molecule has 0 spiro atoms. The minimum atomic E-state index is -0.549. The second-order valence-electron chi connectivity index (χ2n) is 4.20. The molecule has 0 saturated heterocycles. The average Bonchev–Trinajstić information content (AvgIpc) is 2.96. The van der Waals surface area contributed by atoms with Gasteiger partial charge in [-0.25, -0.2) is 9.07 Å². The highest BCUT2D eigenvalue weighted by molar-refractivity contribution is 5.38. The van der Waals surface area contributed by atoms with Crippen molar-refractivity contribution < 1.29 is 9.13 Å². The Balaban J connectivity index is 1.85. The Morgan fingerprint density at radius 1 is 1.14 bits per heavy atom. The van der Waals surface area contributed by atoms with Crippen LogP contribution in [-0.4, -0.2) is 14.8 Å². The maximum Gasteiger partial charge on any atom is 0.341 e. The molecule has 0 saturated carbocycles. The lowest BCUT2D eigenvalue weighted by Gasteiger charge is -2.02. The van der Waals surface area contributed by atoms with Crippen molar-refractivity contribution in [3.8, 4) is 23.5 Å². The van der Waals surface area contributed by atoms with E-state index in [0.717, 1.165) is 11.8 Å². The summed E-state index contributed by atoms with van der Waals surface area (Å²) in [5.74, 6) is -0.371. The van der Waals surface area contributed by atoms with Crippen LogP contribution in [0.5, 0.6) is 11.8 Å². The Bertz CT molecular complexity index is 808. The van der Waals surface area contributed by atoms with Crippen molar-refractivity contribution in [3.63, 3.8) is 0 Å². The van der Waals surface area contributed by atoms with Crippen LogP contribution in [0, 0.1) is 17.1 Å². The van der Waals surface area contributed by atoms with Gasteiger partial charge < -0.3 is 4.74 Å². The van der Waals surface area contributed by atoms with Crippen molar-refractivity contribution in [1.29, 1.82) is 5.26 Å². The van der Waals surface area contributed by atoms with Crippen LogP contribution in [0.15, 0.2) is 54.9 Å². The third kappa shape index (κ3) is 2.87. The lowest BCUT2D eigenvalue weighted by Crippen LogP contribution is -1.95. The minimum Gasteiger partial charge on any atom is -0.423 e. The summed E-state index contributed by atoms with van der Waals surface area (Å²) in [6.45, 7) is 0. The molecule has 3 aromatic rings. The molecule has 1 aromatic heterocycles. The number of para-hydroxylation sites is 1. The normalized spacial score (nSPS) is 10.1. The molecule has 1 heterocycles. The van der Waals surface area contributed by atoms with Crippen LogP contribution in [0.3, 0.4) is 0 Å². The molecule has 0 N–H and O–H groups in total. The highest BCUT2D eigenvalue weighted by Gasteiger charge is 2.07. The number of ether oxygens (including phenoxy) is 1. The van der Waals surface area contributed by atoms with Crippen LogP contribution in [-0.2, 0) is 0 Å². The van der Waals surface area contributed by atoms with Crippen LogP contribution in [0.1, 0.15) is 5.56 Å². The standard InChI is InChI=1S/C15H9FN4O/c16-12-6-11(9-17)7-14(8-12)21-15-18-10-20(19-15)13-4-2-1-3-5-13/h1-8,10H. The number of halogens is 1. The average molecular weight is 280 g/mol. The first-order valence-corrected chi connectivity index (χ1v) is 6.10. The molecule has 5 nitrogen and oxygen atoms in total. The van der Waals surface area contributed by atoms with Crippen LogP contribution in [0.25, 0.3) is 5.69 Å². The van der Waals surface area contributed by atoms with Crippen LogP contribution >= 0.6 is 0 Å².